The number of aryl methyl sites for hydroxylation is 1. The molecule has 8 nitrogen and oxygen atoms in total. The Labute approximate surface area is 171 Å². The molecule has 0 saturated carbocycles. The van der Waals surface area contributed by atoms with Gasteiger partial charge in [-0.25, -0.2) is 8.42 Å². The lowest BCUT2D eigenvalue weighted by Crippen LogP contribution is -2.40. The summed E-state index contributed by atoms with van der Waals surface area (Å²) in [4.78, 5) is 0.271. The third-order valence-corrected chi connectivity index (χ3v) is 7.23. The molecule has 1 aliphatic rings. The molecule has 0 bridgehead atoms. The zero-order valence-electron chi connectivity index (χ0n) is 16.6. The number of nitrogens with zero attached hydrogens (tertiary/aromatic N) is 6. The number of aromatic nitrogens is 5. The molecule has 0 spiro atoms. The second kappa shape index (κ2) is 8.46. The van der Waals surface area contributed by atoms with E-state index in [0.717, 1.165) is 18.7 Å². The quantitative estimate of drug-likeness (QED) is 0.592. The van der Waals surface area contributed by atoms with Gasteiger partial charge in [0.15, 0.2) is 0 Å². The summed E-state index contributed by atoms with van der Waals surface area (Å²) in [6, 6.07) is 10.2. The first-order chi connectivity index (χ1) is 14.1. The zero-order chi connectivity index (χ0) is 20.3. The molecule has 1 fully saturated rings. The molecule has 1 atom stereocenters. The van der Waals surface area contributed by atoms with Gasteiger partial charge in [-0.15, -0.1) is 10.2 Å². The van der Waals surface area contributed by atoms with Gasteiger partial charge in [0, 0.05) is 32.3 Å². The van der Waals surface area contributed by atoms with Gasteiger partial charge >= 0.3 is 0 Å². The van der Waals surface area contributed by atoms with Gasteiger partial charge in [0.1, 0.15) is 17.0 Å². The Hall–Kier alpha value is -2.52. The number of rotatable bonds is 7. The van der Waals surface area contributed by atoms with Crippen LogP contribution in [0.15, 0.2) is 53.9 Å². The highest BCUT2D eigenvalue weighted by Crippen LogP contribution is 2.25. The Balaban J connectivity index is 1.45. The van der Waals surface area contributed by atoms with Crippen LogP contribution in [0.5, 0.6) is 0 Å². The molecule has 3 heterocycles. The molecule has 1 unspecified atom stereocenters. The molecule has 1 saturated heterocycles. The van der Waals surface area contributed by atoms with Crippen LogP contribution < -0.4 is 0 Å². The number of hydrogen-bond acceptors (Lipinski definition) is 5. The number of hydrogen-bond donors (Lipinski definition) is 0. The Kier molecular flexibility index (Phi) is 5.77. The lowest BCUT2D eigenvalue weighted by Gasteiger charge is -2.31. The lowest BCUT2D eigenvalue weighted by molar-refractivity contribution is 0.261. The predicted molar refractivity (Wildman–Crippen MR) is 109 cm³/mol. The third-order valence-electron chi connectivity index (χ3n) is 5.42. The van der Waals surface area contributed by atoms with Crippen LogP contribution in [0.4, 0.5) is 0 Å². The Morgan fingerprint density at radius 1 is 1.21 bits per heavy atom. The topological polar surface area (TPSA) is 85.9 Å². The average Bonchev–Trinajstić information content (AvgIpc) is 3.39. The molecule has 1 aromatic carbocycles. The fourth-order valence-corrected chi connectivity index (χ4v) is 5.33. The molecule has 1 aliphatic heterocycles. The molecule has 29 heavy (non-hydrogen) atoms. The second-order valence-electron chi connectivity index (χ2n) is 7.47. The predicted octanol–water partition coefficient (Wildman–Crippen LogP) is 2.19. The monoisotopic (exact) mass is 414 g/mol. The zero-order valence-corrected chi connectivity index (χ0v) is 17.4. The van der Waals surface area contributed by atoms with Crippen LogP contribution in [0, 0.1) is 5.92 Å². The highest BCUT2D eigenvalue weighted by Gasteiger charge is 2.31. The van der Waals surface area contributed by atoms with Crippen LogP contribution in [0.1, 0.15) is 31.2 Å². The van der Waals surface area contributed by atoms with Gasteiger partial charge in [-0.2, -0.15) is 9.40 Å². The first-order valence-corrected chi connectivity index (χ1v) is 11.4. The highest BCUT2D eigenvalue weighted by atomic mass is 32.2. The summed E-state index contributed by atoms with van der Waals surface area (Å²) in [5, 5.41) is 12.5. The van der Waals surface area contributed by atoms with Gasteiger partial charge in [0.25, 0.3) is 0 Å². The molecule has 154 valence electrons. The molecule has 2 aromatic heterocycles. The molecular formula is C20H26N6O2S. The Morgan fingerprint density at radius 2 is 2.03 bits per heavy atom. The summed E-state index contributed by atoms with van der Waals surface area (Å²) >= 11 is 0. The smallest absolute Gasteiger partial charge is 0.246 e. The second-order valence-corrected chi connectivity index (χ2v) is 9.41. The minimum Gasteiger partial charge on any atom is -0.313 e. The fourth-order valence-electron chi connectivity index (χ4n) is 3.82. The number of benzene rings is 1. The molecule has 0 aliphatic carbocycles. The van der Waals surface area contributed by atoms with Crippen molar-refractivity contribution in [3.05, 3.63) is 60.4 Å². The minimum absolute atomic E-state index is 0.221. The van der Waals surface area contributed by atoms with Crippen molar-refractivity contribution in [2.24, 2.45) is 5.92 Å². The van der Waals surface area contributed by atoms with E-state index < -0.39 is 10.0 Å². The normalized spacial score (nSPS) is 18.2. The maximum atomic E-state index is 13.0. The molecule has 9 heteroatoms. The van der Waals surface area contributed by atoms with E-state index in [9.17, 15) is 8.42 Å². The number of sulfonamides is 1. The van der Waals surface area contributed by atoms with Crippen LogP contribution in [0.2, 0.25) is 0 Å². The average molecular weight is 415 g/mol. The van der Waals surface area contributed by atoms with E-state index in [1.54, 1.807) is 21.5 Å². The summed E-state index contributed by atoms with van der Waals surface area (Å²) in [6.07, 6.45) is 7.34. The van der Waals surface area contributed by atoms with E-state index in [1.165, 1.54) is 11.8 Å². The third kappa shape index (κ3) is 4.40. The van der Waals surface area contributed by atoms with Crippen LogP contribution in [-0.4, -0.2) is 50.4 Å². The van der Waals surface area contributed by atoms with Crippen molar-refractivity contribution in [3.8, 4) is 0 Å². The molecule has 3 aromatic rings. The van der Waals surface area contributed by atoms with Crippen molar-refractivity contribution in [2.45, 2.75) is 44.2 Å². The number of piperidine rings is 1. The van der Waals surface area contributed by atoms with Crippen molar-refractivity contribution < 1.29 is 8.42 Å². The van der Waals surface area contributed by atoms with Gasteiger partial charge < -0.3 is 4.57 Å². The summed E-state index contributed by atoms with van der Waals surface area (Å²) in [6.45, 7) is 4.35. The van der Waals surface area contributed by atoms with Crippen molar-refractivity contribution in [1.82, 2.24) is 28.9 Å². The van der Waals surface area contributed by atoms with E-state index in [2.05, 4.69) is 27.4 Å². The van der Waals surface area contributed by atoms with Gasteiger partial charge in [-0.05, 0) is 31.2 Å². The van der Waals surface area contributed by atoms with Crippen molar-refractivity contribution in [2.75, 3.05) is 13.1 Å². The Bertz CT molecular complexity index is 1040. The fraction of sp³-hybridized carbons (Fsp3) is 0.450. The largest absolute Gasteiger partial charge is 0.313 e. The van der Waals surface area contributed by atoms with Crippen LogP contribution >= 0.6 is 0 Å². The van der Waals surface area contributed by atoms with Gasteiger partial charge in [-0.1, -0.05) is 30.3 Å². The lowest BCUT2D eigenvalue weighted by atomic mass is 9.96. The standard InChI is InChI=1S/C20H26N6O2S/c1-2-25-15-19(12-22-25)29(27,28)26-10-6-9-18(14-26)11-20-23-21-16-24(20)13-17-7-4-3-5-8-17/h3-5,7-8,12,15-16,18H,2,6,9-11,13-14H2,1H3. The summed E-state index contributed by atoms with van der Waals surface area (Å²) in [7, 11) is -3.51. The van der Waals surface area contributed by atoms with Crippen molar-refractivity contribution in [1.29, 1.82) is 0 Å². The minimum atomic E-state index is -3.51. The van der Waals surface area contributed by atoms with E-state index in [1.807, 2.05) is 29.7 Å². The van der Waals surface area contributed by atoms with Crippen LogP contribution in [-0.2, 0) is 29.5 Å². The van der Waals surface area contributed by atoms with Gasteiger partial charge in [-0.3, -0.25) is 4.68 Å². The summed E-state index contributed by atoms with van der Waals surface area (Å²) in [5.41, 5.74) is 1.19. The van der Waals surface area contributed by atoms with Crippen molar-refractivity contribution in [3.63, 3.8) is 0 Å². The molecule has 0 amide bonds. The van der Waals surface area contributed by atoms with E-state index in [4.69, 9.17) is 0 Å². The van der Waals surface area contributed by atoms with Crippen LogP contribution in [0.25, 0.3) is 0 Å². The maximum Gasteiger partial charge on any atom is 0.246 e. The molecule has 0 radical (unpaired) electrons. The van der Waals surface area contributed by atoms with E-state index >= 15 is 0 Å². The SMILES string of the molecule is CCn1cc(S(=O)(=O)N2CCCC(Cc3nncn3Cc3ccccc3)C2)cn1. The van der Waals surface area contributed by atoms with Gasteiger partial charge in [0.2, 0.25) is 10.0 Å². The van der Waals surface area contributed by atoms with Crippen molar-refractivity contribution >= 4 is 10.0 Å². The first-order valence-electron chi connectivity index (χ1n) is 9.99. The van der Waals surface area contributed by atoms with Crippen LogP contribution in [0.3, 0.4) is 0 Å². The highest BCUT2D eigenvalue weighted by molar-refractivity contribution is 7.89. The van der Waals surface area contributed by atoms with Gasteiger partial charge in [0.05, 0.1) is 12.7 Å². The summed E-state index contributed by atoms with van der Waals surface area (Å²) in [5.74, 6) is 1.12. The first kappa shape index (κ1) is 19.8. The molecular weight excluding hydrogens is 388 g/mol. The maximum absolute atomic E-state index is 13.0. The molecule has 4 rings (SSSR count). The summed E-state index contributed by atoms with van der Waals surface area (Å²) < 4.78 is 31.3. The van der Waals surface area contributed by atoms with E-state index in [-0.39, 0.29) is 10.8 Å². The Morgan fingerprint density at radius 3 is 2.79 bits per heavy atom. The van der Waals surface area contributed by atoms with E-state index in [0.29, 0.717) is 32.6 Å². The molecule has 0 N–H and O–H groups in total.